The van der Waals surface area contributed by atoms with Crippen LogP contribution in [0.5, 0.6) is 5.75 Å². The van der Waals surface area contributed by atoms with Gasteiger partial charge in [-0.05, 0) is 69.1 Å². The summed E-state index contributed by atoms with van der Waals surface area (Å²) in [7, 11) is -1.50. The van der Waals surface area contributed by atoms with Crippen molar-refractivity contribution in [3.05, 3.63) is 23.8 Å². The van der Waals surface area contributed by atoms with E-state index in [4.69, 9.17) is 5.11 Å². The smallest absolute Gasteiger partial charge is 0.303 e. The molecule has 1 aromatic rings. The molecular weight excluding hydrogens is 487 g/mol. The van der Waals surface area contributed by atoms with Crippen LogP contribution in [0, 0.1) is 0 Å². The van der Waals surface area contributed by atoms with Crippen LogP contribution in [0.25, 0.3) is 0 Å². The minimum absolute atomic E-state index is 0.212. The predicted octanol–water partition coefficient (Wildman–Crippen LogP) is 10.5. The Morgan fingerprint density at radius 1 is 0.632 bits per heavy atom. The predicted molar refractivity (Wildman–Crippen MR) is 170 cm³/mol. The minimum Gasteiger partial charge on any atom is -0.504 e. The second-order valence-corrected chi connectivity index (χ2v) is 15.8. The summed E-state index contributed by atoms with van der Waals surface area (Å²) in [4.78, 5) is 11.1. The number of benzene rings is 1. The van der Waals surface area contributed by atoms with Crippen molar-refractivity contribution in [2.24, 2.45) is 0 Å². The summed E-state index contributed by atoms with van der Waals surface area (Å²) in [5, 5.41) is 21.6. The van der Waals surface area contributed by atoms with Crippen LogP contribution in [0.3, 0.4) is 0 Å². The number of hydrogen-bond acceptors (Lipinski definition) is 2. The quantitative estimate of drug-likeness (QED) is 0.0892. The molecule has 1 rings (SSSR count). The van der Waals surface area contributed by atoms with E-state index in [0.29, 0.717) is 12.2 Å². The summed E-state index contributed by atoms with van der Waals surface area (Å²) in [5.41, 5.74) is 1.21. The van der Waals surface area contributed by atoms with Crippen LogP contribution in [0.1, 0.15) is 155 Å². The van der Waals surface area contributed by atoms with Crippen molar-refractivity contribution in [2.45, 2.75) is 156 Å². The number of phenolic OH excluding ortho intramolecular Hbond substituents is 1. The maximum Gasteiger partial charge on any atom is 0.303 e. The highest BCUT2D eigenvalue weighted by molar-refractivity contribution is 7.83. The van der Waals surface area contributed by atoms with Crippen molar-refractivity contribution >= 4 is 18.5 Å². The highest BCUT2D eigenvalue weighted by atomic mass is 31.2. The van der Waals surface area contributed by atoms with Crippen LogP contribution in [0.15, 0.2) is 18.2 Å². The van der Waals surface area contributed by atoms with Gasteiger partial charge in [-0.3, -0.25) is 4.79 Å². The van der Waals surface area contributed by atoms with Crippen molar-refractivity contribution in [3.8, 4) is 5.75 Å². The zero-order valence-corrected chi connectivity index (χ0v) is 26.3. The minimum atomic E-state index is -1.50. The molecule has 0 unspecified atom stereocenters. The molecule has 0 saturated heterocycles. The van der Waals surface area contributed by atoms with E-state index in [-0.39, 0.29) is 6.42 Å². The Balaban J connectivity index is 3.10. The molecule has 0 fully saturated rings. The van der Waals surface area contributed by atoms with Crippen molar-refractivity contribution in [1.82, 2.24) is 0 Å². The molecule has 4 heteroatoms. The molecule has 38 heavy (non-hydrogen) atoms. The van der Waals surface area contributed by atoms with Gasteiger partial charge in [-0.2, -0.15) is 0 Å². The first-order valence-corrected chi connectivity index (χ1v) is 18.7. The molecule has 0 saturated carbocycles. The molecule has 0 amide bonds. The average Bonchev–Trinajstić information content (AvgIpc) is 2.90. The number of rotatable bonds is 26. The number of aromatic hydroxyl groups is 1. The third-order valence-electron chi connectivity index (χ3n) is 8.23. The fraction of sp³-hybridized carbons (Fsp3) is 0.794. The number of carboxylic acid groups (broad SMARTS) is 1. The lowest BCUT2D eigenvalue weighted by Crippen LogP contribution is -2.22. The number of aliphatic carboxylic acids is 1. The first-order chi connectivity index (χ1) is 18.5. The second kappa shape index (κ2) is 22.7. The molecule has 0 heterocycles. The number of unbranched alkanes of at least 4 members (excludes halogenated alkanes) is 15. The van der Waals surface area contributed by atoms with E-state index >= 15 is 0 Å². The Morgan fingerprint density at radius 3 is 1.47 bits per heavy atom. The van der Waals surface area contributed by atoms with Crippen LogP contribution >= 0.6 is 7.26 Å². The topological polar surface area (TPSA) is 57.5 Å². The maximum absolute atomic E-state index is 11.2. The van der Waals surface area contributed by atoms with Gasteiger partial charge in [0.05, 0.1) is 25.7 Å². The fourth-order valence-corrected chi connectivity index (χ4v) is 10.7. The molecule has 0 aliphatic heterocycles. The molecule has 220 valence electrons. The standard InChI is InChI=1S/C34H61O3P/c1-4-7-10-13-16-19-27-38(28-20-17-14-11-8-5-2,29-21-18-15-12-9-6-3)33-30-31(25-26-32(33)35)23-22-24-34(36)37/h25-26,30H,4-24,27-29H2,1-3H3,(H-,35,36,37)/p+1. The molecule has 0 bridgehead atoms. The van der Waals surface area contributed by atoms with Gasteiger partial charge in [0, 0.05) is 6.42 Å². The molecule has 0 atom stereocenters. The van der Waals surface area contributed by atoms with Gasteiger partial charge < -0.3 is 10.2 Å². The molecule has 0 aliphatic carbocycles. The number of carbonyl (C=O) groups is 1. The van der Waals surface area contributed by atoms with Crippen molar-refractivity contribution in [2.75, 3.05) is 18.5 Å². The first-order valence-electron chi connectivity index (χ1n) is 16.4. The van der Waals surface area contributed by atoms with Gasteiger partial charge >= 0.3 is 5.97 Å². The largest absolute Gasteiger partial charge is 0.504 e. The van der Waals surface area contributed by atoms with Crippen LogP contribution in [-0.4, -0.2) is 34.7 Å². The highest BCUT2D eigenvalue weighted by Gasteiger charge is 2.41. The Labute approximate surface area is 236 Å². The van der Waals surface area contributed by atoms with E-state index in [2.05, 4.69) is 26.8 Å². The number of phenols is 1. The Morgan fingerprint density at radius 2 is 1.05 bits per heavy atom. The van der Waals surface area contributed by atoms with Crippen LogP contribution < -0.4 is 5.30 Å². The lowest BCUT2D eigenvalue weighted by Gasteiger charge is -2.29. The molecule has 3 nitrogen and oxygen atoms in total. The third-order valence-corrected chi connectivity index (χ3v) is 13.1. The summed E-state index contributed by atoms with van der Waals surface area (Å²) < 4.78 is 0. The number of aryl methyl sites for hydroxylation is 1. The SMILES string of the molecule is CCCCCCCC[P+](CCCCCCCC)(CCCCCCCC)c1cc(CCCC(=O)O)ccc1O. The van der Waals surface area contributed by atoms with E-state index in [9.17, 15) is 9.90 Å². The van der Waals surface area contributed by atoms with Gasteiger partial charge in [0.1, 0.15) is 5.30 Å². The van der Waals surface area contributed by atoms with Gasteiger partial charge in [0.15, 0.2) is 5.75 Å². The van der Waals surface area contributed by atoms with Crippen molar-refractivity contribution in [1.29, 1.82) is 0 Å². The summed E-state index contributed by atoms with van der Waals surface area (Å²) in [6, 6.07) is 6.25. The van der Waals surface area contributed by atoms with Crippen LogP contribution in [0.4, 0.5) is 0 Å². The monoisotopic (exact) mass is 549 g/mol. The molecule has 0 aromatic heterocycles. The van der Waals surface area contributed by atoms with Gasteiger partial charge in [-0.1, -0.05) is 104 Å². The average molecular weight is 550 g/mol. The van der Waals surface area contributed by atoms with E-state index < -0.39 is 13.2 Å². The van der Waals surface area contributed by atoms with E-state index in [1.807, 2.05) is 12.1 Å². The first kappa shape index (κ1) is 34.9. The summed E-state index contributed by atoms with van der Waals surface area (Å²) in [5.74, 6) is -0.219. The normalized spacial score (nSPS) is 11.8. The molecule has 0 radical (unpaired) electrons. The van der Waals surface area contributed by atoms with Gasteiger partial charge in [-0.25, -0.2) is 0 Å². The summed E-state index contributed by atoms with van der Waals surface area (Å²) in [6.45, 7) is 6.84. The molecular formula is C34H62O3P+. The van der Waals surface area contributed by atoms with Crippen LogP contribution in [0.2, 0.25) is 0 Å². The lowest BCUT2D eigenvalue weighted by atomic mass is 10.1. The van der Waals surface area contributed by atoms with Gasteiger partial charge in [0.2, 0.25) is 0 Å². The molecule has 2 N–H and O–H groups in total. The zero-order chi connectivity index (χ0) is 27.9. The fourth-order valence-electron chi connectivity index (χ4n) is 5.83. The molecule has 1 aromatic carbocycles. The third kappa shape index (κ3) is 15.5. The zero-order valence-electron chi connectivity index (χ0n) is 25.5. The summed E-state index contributed by atoms with van der Waals surface area (Å²) >= 11 is 0. The summed E-state index contributed by atoms with van der Waals surface area (Å²) in [6.07, 6.45) is 29.2. The number of hydrogen-bond donors (Lipinski definition) is 2. The lowest BCUT2D eigenvalue weighted by molar-refractivity contribution is -0.137. The van der Waals surface area contributed by atoms with E-state index in [1.54, 1.807) is 0 Å². The number of carboxylic acids is 1. The Hall–Kier alpha value is -1.08. The van der Waals surface area contributed by atoms with Gasteiger partial charge in [-0.15, -0.1) is 0 Å². The Bertz CT molecular complexity index is 677. The van der Waals surface area contributed by atoms with Gasteiger partial charge in [0.25, 0.3) is 0 Å². The molecule has 0 aliphatic rings. The van der Waals surface area contributed by atoms with Crippen molar-refractivity contribution < 1.29 is 15.0 Å². The van der Waals surface area contributed by atoms with E-state index in [1.165, 1.54) is 145 Å². The highest BCUT2D eigenvalue weighted by Crippen LogP contribution is 2.61. The van der Waals surface area contributed by atoms with Crippen LogP contribution in [-0.2, 0) is 11.2 Å². The van der Waals surface area contributed by atoms with Crippen molar-refractivity contribution in [3.63, 3.8) is 0 Å². The maximum atomic E-state index is 11.2. The van der Waals surface area contributed by atoms with E-state index in [0.717, 1.165) is 6.42 Å². The second-order valence-electron chi connectivity index (χ2n) is 11.7. The molecule has 0 spiro atoms. The Kier molecular flexibility index (Phi) is 20.9.